The quantitative estimate of drug-likeness (QED) is 0.250. The molecule has 0 N–H and O–H groups in total. The van der Waals surface area contributed by atoms with Gasteiger partial charge in [0.2, 0.25) is 0 Å². The minimum atomic E-state index is -4.37. The molecule has 0 radical (unpaired) electrons. The zero-order chi connectivity index (χ0) is 23.5. The van der Waals surface area contributed by atoms with Crippen LogP contribution < -0.4 is 0 Å². The fourth-order valence-electron chi connectivity index (χ4n) is 4.76. The number of hydrogen-bond acceptors (Lipinski definition) is 0. The lowest BCUT2D eigenvalue weighted by Gasteiger charge is -2.30. The largest absolute Gasteiger partial charge is 0.416 e. The molecule has 3 heteroatoms. The molecule has 0 aliphatic rings. The summed E-state index contributed by atoms with van der Waals surface area (Å²) in [5.41, 5.74) is 3.51. The molecule has 0 fully saturated rings. The van der Waals surface area contributed by atoms with Gasteiger partial charge in [0, 0.05) is 11.8 Å². The van der Waals surface area contributed by atoms with Crippen LogP contribution in [0.3, 0.4) is 0 Å². The lowest BCUT2D eigenvalue weighted by atomic mass is 9.73. The van der Waals surface area contributed by atoms with Crippen LogP contribution in [0.15, 0.2) is 127 Å². The van der Waals surface area contributed by atoms with Gasteiger partial charge in [-0.1, -0.05) is 115 Å². The molecule has 0 spiro atoms. The highest BCUT2D eigenvalue weighted by Gasteiger charge is 2.32. The summed E-state index contributed by atoms with van der Waals surface area (Å²) in [4.78, 5) is 0. The van der Waals surface area contributed by atoms with Gasteiger partial charge in [0.25, 0.3) is 0 Å². The standard InChI is InChI=1S/C31H23F3/c32-31(33,34)28-19-17-25(18-20-28)30(27-16-15-22-9-7-8-14-26(22)21-27)29(23-10-3-1-4-11-23)24-12-5-2-6-13-24/h1-21,29-30H. The summed E-state index contributed by atoms with van der Waals surface area (Å²) in [7, 11) is 0. The average molecular weight is 453 g/mol. The first-order valence-electron chi connectivity index (χ1n) is 11.3. The van der Waals surface area contributed by atoms with Crippen molar-refractivity contribution in [2.24, 2.45) is 0 Å². The Bertz CT molecular complexity index is 1330. The highest BCUT2D eigenvalue weighted by Crippen LogP contribution is 2.44. The second-order valence-corrected chi connectivity index (χ2v) is 8.50. The van der Waals surface area contributed by atoms with Crippen molar-refractivity contribution in [2.75, 3.05) is 0 Å². The molecule has 5 rings (SSSR count). The van der Waals surface area contributed by atoms with Crippen molar-refractivity contribution in [1.29, 1.82) is 0 Å². The third-order valence-electron chi connectivity index (χ3n) is 6.38. The maximum Gasteiger partial charge on any atom is 0.416 e. The Morgan fingerprint density at radius 2 is 0.853 bits per heavy atom. The maximum absolute atomic E-state index is 13.3. The first-order valence-corrected chi connectivity index (χ1v) is 11.3. The molecule has 0 nitrogen and oxygen atoms in total. The van der Waals surface area contributed by atoms with E-state index in [1.807, 2.05) is 48.5 Å². The van der Waals surface area contributed by atoms with Crippen LogP contribution in [0, 0.1) is 0 Å². The smallest absolute Gasteiger partial charge is 0.166 e. The van der Waals surface area contributed by atoms with Gasteiger partial charge in [-0.2, -0.15) is 13.2 Å². The Labute approximate surface area is 197 Å². The van der Waals surface area contributed by atoms with E-state index in [1.54, 1.807) is 12.1 Å². The third kappa shape index (κ3) is 4.47. The lowest BCUT2D eigenvalue weighted by molar-refractivity contribution is -0.137. The van der Waals surface area contributed by atoms with Crippen LogP contribution in [0.5, 0.6) is 0 Å². The van der Waals surface area contributed by atoms with E-state index in [4.69, 9.17) is 0 Å². The summed E-state index contributed by atoms with van der Waals surface area (Å²) in [5.74, 6) is -0.239. The SMILES string of the molecule is FC(F)(F)c1ccc(C(c2ccc3ccccc3c2)C(c2ccccc2)c2ccccc2)cc1. The van der Waals surface area contributed by atoms with Gasteiger partial charge in [-0.25, -0.2) is 0 Å². The Balaban J connectivity index is 1.73. The molecule has 0 bridgehead atoms. The maximum atomic E-state index is 13.3. The van der Waals surface area contributed by atoms with Gasteiger partial charge >= 0.3 is 6.18 Å². The van der Waals surface area contributed by atoms with E-state index in [-0.39, 0.29) is 11.8 Å². The van der Waals surface area contributed by atoms with Crippen molar-refractivity contribution in [3.63, 3.8) is 0 Å². The molecular weight excluding hydrogens is 429 g/mol. The van der Waals surface area contributed by atoms with Crippen molar-refractivity contribution in [1.82, 2.24) is 0 Å². The summed E-state index contributed by atoms with van der Waals surface area (Å²) < 4.78 is 39.9. The first-order chi connectivity index (χ1) is 16.5. The predicted octanol–water partition coefficient (Wildman–Crippen LogP) is 8.82. The summed E-state index contributed by atoms with van der Waals surface area (Å²) in [5, 5.41) is 2.24. The van der Waals surface area contributed by atoms with Gasteiger partial charge in [-0.15, -0.1) is 0 Å². The molecule has 0 amide bonds. The van der Waals surface area contributed by atoms with E-state index < -0.39 is 11.7 Å². The number of halogens is 3. The zero-order valence-corrected chi connectivity index (χ0v) is 18.4. The van der Waals surface area contributed by atoms with Gasteiger partial charge in [0.15, 0.2) is 0 Å². The number of hydrogen-bond donors (Lipinski definition) is 0. The first kappa shape index (κ1) is 22.0. The molecule has 1 unspecified atom stereocenters. The minimum Gasteiger partial charge on any atom is -0.166 e. The molecule has 0 saturated heterocycles. The van der Waals surface area contributed by atoms with Crippen molar-refractivity contribution >= 4 is 10.8 Å². The van der Waals surface area contributed by atoms with Crippen LogP contribution in [-0.2, 0) is 6.18 Å². The van der Waals surface area contributed by atoms with Crippen LogP contribution in [0.1, 0.15) is 39.7 Å². The monoisotopic (exact) mass is 452 g/mol. The second-order valence-electron chi connectivity index (χ2n) is 8.50. The Morgan fingerprint density at radius 1 is 0.412 bits per heavy atom. The Kier molecular flexibility index (Phi) is 5.93. The molecule has 1 atom stereocenters. The topological polar surface area (TPSA) is 0 Å². The number of fused-ring (bicyclic) bond motifs is 1. The molecule has 0 aromatic heterocycles. The van der Waals surface area contributed by atoms with Crippen LogP contribution in [-0.4, -0.2) is 0 Å². The Morgan fingerprint density at radius 3 is 1.41 bits per heavy atom. The fourth-order valence-corrected chi connectivity index (χ4v) is 4.76. The van der Waals surface area contributed by atoms with Gasteiger partial charge in [-0.05, 0) is 45.2 Å². The molecule has 0 saturated carbocycles. The molecule has 0 aliphatic carbocycles. The van der Waals surface area contributed by atoms with Crippen LogP contribution in [0.2, 0.25) is 0 Å². The van der Waals surface area contributed by atoms with E-state index in [1.165, 1.54) is 12.1 Å². The second kappa shape index (κ2) is 9.18. The highest BCUT2D eigenvalue weighted by atomic mass is 19.4. The van der Waals surface area contributed by atoms with Crippen LogP contribution >= 0.6 is 0 Å². The third-order valence-corrected chi connectivity index (χ3v) is 6.38. The zero-order valence-electron chi connectivity index (χ0n) is 18.4. The van der Waals surface area contributed by atoms with Crippen molar-refractivity contribution in [3.8, 4) is 0 Å². The normalized spacial score (nSPS) is 12.7. The minimum absolute atomic E-state index is 0.0692. The van der Waals surface area contributed by atoms with E-state index >= 15 is 0 Å². The molecular formula is C31H23F3. The van der Waals surface area contributed by atoms with E-state index in [0.717, 1.165) is 33.0 Å². The molecule has 34 heavy (non-hydrogen) atoms. The van der Waals surface area contributed by atoms with Crippen LogP contribution in [0.25, 0.3) is 10.8 Å². The van der Waals surface area contributed by atoms with E-state index in [9.17, 15) is 13.2 Å². The summed E-state index contributed by atoms with van der Waals surface area (Å²) in [6, 6.07) is 40.5. The van der Waals surface area contributed by atoms with E-state index in [0.29, 0.717) is 0 Å². The van der Waals surface area contributed by atoms with Gasteiger partial charge in [0.05, 0.1) is 5.56 Å². The average Bonchev–Trinajstić information content (AvgIpc) is 2.87. The molecule has 5 aromatic rings. The van der Waals surface area contributed by atoms with Crippen molar-refractivity contribution in [2.45, 2.75) is 18.0 Å². The molecule has 0 heterocycles. The number of benzene rings is 5. The van der Waals surface area contributed by atoms with Gasteiger partial charge in [0.1, 0.15) is 0 Å². The summed E-state index contributed by atoms with van der Waals surface area (Å²) >= 11 is 0. The number of rotatable bonds is 5. The number of alkyl halides is 3. The predicted molar refractivity (Wildman–Crippen MR) is 132 cm³/mol. The highest BCUT2D eigenvalue weighted by molar-refractivity contribution is 5.83. The van der Waals surface area contributed by atoms with Crippen LogP contribution in [0.4, 0.5) is 13.2 Å². The van der Waals surface area contributed by atoms with Crippen molar-refractivity contribution < 1.29 is 13.2 Å². The van der Waals surface area contributed by atoms with Gasteiger partial charge < -0.3 is 0 Å². The Hall–Kier alpha value is -3.85. The van der Waals surface area contributed by atoms with Crippen molar-refractivity contribution in [3.05, 3.63) is 155 Å². The van der Waals surface area contributed by atoms with Gasteiger partial charge in [-0.3, -0.25) is 0 Å². The van der Waals surface area contributed by atoms with E-state index in [2.05, 4.69) is 54.6 Å². The fraction of sp³-hybridized carbons (Fsp3) is 0.0968. The summed E-state index contributed by atoms with van der Waals surface area (Å²) in [6.45, 7) is 0. The lowest BCUT2D eigenvalue weighted by Crippen LogP contribution is -2.15. The molecule has 168 valence electrons. The molecule has 5 aromatic carbocycles. The molecule has 0 aliphatic heterocycles. The summed E-state index contributed by atoms with van der Waals surface area (Å²) in [6.07, 6.45) is -4.37.